The maximum Gasteiger partial charge on any atom is 0.416 e. The van der Waals surface area contributed by atoms with E-state index in [9.17, 15) is 26.4 Å². The summed E-state index contributed by atoms with van der Waals surface area (Å²) in [7, 11) is -4.17. The number of alkyl halides is 3. The van der Waals surface area contributed by atoms with E-state index in [1.54, 1.807) is 12.1 Å². The van der Waals surface area contributed by atoms with Crippen molar-refractivity contribution in [3.05, 3.63) is 88.0 Å². The number of fused-ring (bicyclic) bond motifs is 1. The Morgan fingerprint density at radius 3 is 2.40 bits per heavy atom. The van der Waals surface area contributed by atoms with E-state index in [-0.39, 0.29) is 28.3 Å². The van der Waals surface area contributed by atoms with Crippen LogP contribution in [-0.4, -0.2) is 23.5 Å². The first kappa shape index (κ1) is 25.1. The van der Waals surface area contributed by atoms with Gasteiger partial charge in [-0.05, 0) is 60.0 Å². The monoisotopic (exact) mass is 541 g/mol. The Bertz CT molecular complexity index is 1560. The zero-order valence-electron chi connectivity index (χ0n) is 17.7. The molecule has 5 nitrogen and oxygen atoms in total. The molecule has 0 spiro atoms. The number of benzene rings is 3. The van der Waals surface area contributed by atoms with Crippen molar-refractivity contribution in [2.45, 2.75) is 23.9 Å². The molecule has 182 valence electrons. The van der Waals surface area contributed by atoms with Crippen LogP contribution in [0.2, 0.25) is 10.0 Å². The Morgan fingerprint density at radius 1 is 1.00 bits per heavy atom. The standard InChI is InChI=1S/C24H16Cl2F3NO4S/c25-17-6-8-22-20(12-17)15(4-9-23(31)32)13-30(22)35(33,34)18-3-1-2-14(10-18)19-7-5-16(11-21(19)26)24(27,28)29/h1-3,5-8,10-13H,4,9H2,(H,31,32). The number of carbonyl (C=O) groups is 1. The molecule has 0 amide bonds. The van der Waals surface area contributed by atoms with Crippen molar-refractivity contribution >= 4 is 50.1 Å². The molecule has 3 aromatic carbocycles. The number of carboxylic acids is 1. The maximum absolute atomic E-state index is 13.6. The molecule has 0 fully saturated rings. The summed E-state index contributed by atoms with van der Waals surface area (Å²) in [6, 6.07) is 13.1. The average molecular weight is 542 g/mol. The fourth-order valence-corrected chi connectivity index (χ4v) is 5.64. The predicted octanol–water partition coefficient (Wildman–Crippen LogP) is 6.89. The lowest BCUT2D eigenvalue weighted by atomic mass is 10.0. The number of hydrogen-bond acceptors (Lipinski definition) is 3. The number of hydrogen-bond donors (Lipinski definition) is 1. The highest BCUT2D eigenvalue weighted by molar-refractivity contribution is 7.90. The van der Waals surface area contributed by atoms with Gasteiger partial charge in [0.2, 0.25) is 0 Å². The Labute approximate surface area is 208 Å². The second kappa shape index (κ2) is 9.22. The number of aromatic nitrogens is 1. The summed E-state index contributed by atoms with van der Waals surface area (Å²) in [5.41, 5.74) is 0.447. The van der Waals surface area contributed by atoms with Gasteiger partial charge < -0.3 is 5.11 Å². The second-order valence-corrected chi connectivity index (χ2v) is 10.4. The molecule has 0 aliphatic heterocycles. The van der Waals surface area contributed by atoms with Crippen LogP contribution in [0, 0.1) is 0 Å². The minimum absolute atomic E-state index is 0.0932. The molecule has 0 saturated carbocycles. The third-order valence-electron chi connectivity index (χ3n) is 5.42. The first-order valence-corrected chi connectivity index (χ1v) is 12.3. The van der Waals surface area contributed by atoms with Crippen LogP contribution >= 0.6 is 23.2 Å². The van der Waals surface area contributed by atoms with Crippen LogP contribution in [0.5, 0.6) is 0 Å². The van der Waals surface area contributed by atoms with Crippen LogP contribution in [0.4, 0.5) is 13.2 Å². The van der Waals surface area contributed by atoms with E-state index in [1.165, 1.54) is 42.6 Å². The third-order valence-corrected chi connectivity index (χ3v) is 7.64. The summed E-state index contributed by atoms with van der Waals surface area (Å²) in [4.78, 5) is 10.9. The first-order chi connectivity index (χ1) is 16.4. The van der Waals surface area contributed by atoms with E-state index in [1.807, 2.05) is 0 Å². The van der Waals surface area contributed by atoms with Gasteiger partial charge in [-0.15, -0.1) is 0 Å². The summed E-state index contributed by atoms with van der Waals surface area (Å²) in [5.74, 6) is -1.03. The zero-order valence-corrected chi connectivity index (χ0v) is 20.0. The predicted molar refractivity (Wildman–Crippen MR) is 127 cm³/mol. The van der Waals surface area contributed by atoms with Crippen molar-refractivity contribution in [2.24, 2.45) is 0 Å². The number of carboxylic acid groups (broad SMARTS) is 1. The summed E-state index contributed by atoms with van der Waals surface area (Å²) in [6.45, 7) is 0. The molecule has 0 unspecified atom stereocenters. The van der Waals surface area contributed by atoms with Gasteiger partial charge in [0.25, 0.3) is 10.0 Å². The molecule has 0 aliphatic rings. The molecule has 0 saturated heterocycles. The lowest BCUT2D eigenvalue weighted by molar-refractivity contribution is -0.138. The Morgan fingerprint density at radius 2 is 1.74 bits per heavy atom. The van der Waals surface area contributed by atoms with Crippen LogP contribution in [0.15, 0.2) is 71.8 Å². The zero-order chi connectivity index (χ0) is 25.5. The fourth-order valence-electron chi connectivity index (χ4n) is 3.74. The van der Waals surface area contributed by atoms with Crippen molar-refractivity contribution in [3.63, 3.8) is 0 Å². The molecule has 0 aliphatic carbocycles. The molecule has 0 radical (unpaired) electrons. The van der Waals surface area contributed by atoms with Crippen LogP contribution in [0.25, 0.3) is 22.0 Å². The smallest absolute Gasteiger partial charge is 0.416 e. The largest absolute Gasteiger partial charge is 0.481 e. The van der Waals surface area contributed by atoms with Gasteiger partial charge in [0.15, 0.2) is 0 Å². The van der Waals surface area contributed by atoms with E-state index in [0.29, 0.717) is 27.1 Å². The average Bonchev–Trinajstić information content (AvgIpc) is 3.15. The molecular weight excluding hydrogens is 526 g/mol. The topological polar surface area (TPSA) is 76.4 Å². The minimum atomic E-state index is -4.57. The molecule has 4 rings (SSSR count). The second-order valence-electron chi connectivity index (χ2n) is 7.73. The lowest BCUT2D eigenvalue weighted by Crippen LogP contribution is -2.12. The summed E-state index contributed by atoms with van der Waals surface area (Å²) >= 11 is 12.2. The molecule has 11 heteroatoms. The fraction of sp³-hybridized carbons (Fsp3) is 0.125. The van der Waals surface area contributed by atoms with Gasteiger partial charge in [0, 0.05) is 33.6 Å². The van der Waals surface area contributed by atoms with Crippen molar-refractivity contribution in [1.82, 2.24) is 3.97 Å². The Kier molecular flexibility index (Phi) is 6.61. The molecule has 1 aromatic heterocycles. The number of nitrogens with zero attached hydrogens (tertiary/aromatic N) is 1. The van der Waals surface area contributed by atoms with Crippen LogP contribution in [0.3, 0.4) is 0 Å². The van der Waals surface area contributed by atoms with Crippen LogP contribution in [-0.2, 0) is 27.4 Å². The highest BCUT2D eigenvalue weighted by Gasteiger charge is 2.31. The van der Waals surface area contributed by atoms with E-state index >= 15 is 0 Å². The highest BCUT2D eigenvalue weighted by atomic mass is 35.5. The van der Waals surface area contributed by atoms with Gasteiger partial charge >= 0.3 is 12.1 Å². The summed E-state index contributed by atoms with van der Waals surface area (Å²) in [5, 5.41) is 9.74. The normalized spacial score (nSPS) is 12.3. The van der Waals surface area contributed by atoms with Crippen molar-refractivity contribution < 1.29 is 31.5 Å². The highest BCUT2D eigenvalue weighted by Crippen LogP contribution is 2.37. The molecule has 0 atom stereocenters. The quantitative estimate of drug-likeness (QED) is 0.288. The molecule has 35 heavy (non-hydrogen) atoms. The van der Waals surface area contributed by atoms with E-state index < -0.39 is 27.7 Å². The number of aliphatic carboxylic acids is 1. The van der Waals surface area contributed by atoms with Gasteiger partial charge in [-0.25, -0.2) is 12.4 Å². The minimum Gasteiger partial charge on any atom is -0.481 e. The van der Waals surface area contributed by atoms with Crippen molar-refractivity contribution in [1.29, 1.82) is 0 Å². The van der Waals surface area contributed by atoms with Gasteiger partial charge in [-0.2, -0.15) is 13.2 Å². The van der Waals surface area contributed by atoms with Gasteiger partial charge in [-0.1, -0.05) is 41.4 Å². The molecule has 4 aromatic rings. The van der Waals surface area contributed by atoms with E-state index in [2.05, 4.69) is 0 Å². The van der Waals surface area contributed by atoms with Gasteiger partial charge in [0.1, 0.15) is 0 Å². The number of aryl methyl sites for hydroxylation is 1. The Balaban J connectivity index is 1.81. The lowest BCUT2D eigenvalue weighted by Gasteiger charge is -2.12. The molecule has 0 bridgehead atoms. The van der Waals surface area contributed by atoms with E-state index in [0.717, 1.165) is 16.1 Å². The van der Waals surface area contributed by atoms with Gasteiger partial charge in [-0.3, -0.25) is 4.79 Å². The van der Waals surface area contributed by atoms with Crippen molar-refractivity contribution in [2.75, 3.05) is 0 Å². The number of halogens is 5. The van der Waals surface area contributed by atoms with Gasteiger partial charge in [0.05, 0.1) is 16.0 Å². The molecule has 1 heterocycles. The maximum atomic E-state index is 13.6. The number of rotatable bonds is 6. The van der Waals surface area contributed by atoms with Crippen LogP contribution in [0.1, 0.15) is 17.5 Å². The summed E-state index contributed by atoms with van der Waals surface area (Å²) < 4.78 is 67.1. The van der Waals surface area contributed by atoms with Crippen molar-refractivity contribution in [3.8, 4) is 11.1 Å². The van der Waals surface area contributed by atoms with Crippen LogP contribution < -0.4 is 0 Å². The summed E-state index contributed by atoms with van der Waals surface area (Å²) in [6.07, 6.45) is -3.31. The van der Waals surface area contributed by atoms with E-state index in [4.69, 9.17) is 28.3 Å². The molecule has 1 N–H and O–H groups in total. The molecular formula is C24H16Cl2F3NO4S. The first-order valence-electron chi connectivity index (χ1n) is 10.1. The third kappa shape index (κ3) is 5.03. The SMILES string of the molecule is O=C(O)CCc1cn(S(=O)(=O)c2cccc(-c3ccc(C(F)(F)F)cc3Cl)c2)c2ccc(Cl)cc12. The Hall–Kier alpha value is -3.01.